The fourth-order valence-electron chi connectivity index (χ4n) is 4.73. The number of benzene rings is 2. The van der Waals surface area contributed by atoms with Crippen LogP contribution in [-0.4, -0.2) is 60.5 Å². The lowest BCUT2D eigenvalue weighted by Crippen LogP contribution is -2.58. The summed E-state index contributed by atoms with van der Waals surface area (Å²) in [5, 5.41) is 14.3. The van der Waals surface area contributed by atoms with Crippen LogP contribution in [0.3, 0.4) is 0 Å². The predicted octanol–water partition coefficient (Wildman–Crippen LogP) is 1.96. The van der Waals surface area contributed by atoms with E-state index < -0.39 is 18.1 Å². The van der Waals surface area contributed by atoms with Gasteiger partial charge >= 0.3 is 0 Å². The largest absolute Gasteiger partial charge is 0.343 e. The average Bonchev–Trinajstić information content (AvgIpc) is 3.27. The Labute approximate surface area is 194 Å². The van der Waals surface area contributed by atoms with E-state index in [2.05, 4.69) is 21.3 Å². The van der Waals surface area contributed by atoms with E-state index in [1.54, 1.807) is 18.9 Å². The zero-order valence-corrected chi connectivity index (χ0v) is 19.3. The van der Waals surface area contributed by atoms with E-state index in [1.807, 2.05) is 42.5 Å². The van der Waals surface area contributed by atoms with Gasteiger partial charge < -0.3 is 20.9 Å². The molecule has 2 aliphatic rings. The predicted molar refractivity (Wildman–Crippen MR) is 129 cm³/mol. The zero-order chi connectivity index (χ0) is 23.4. The van der Waals surface area contributed by atoms with Crippen LogP contribution in [0.5, 0.6) is 0 Å². The lowest BCUT2D eigenvalue weighted by atomic mass is 10.1. The van der Waals surface area contributed by atoms with Crippen LogP contribution in [0.15, 0.2) is 42.5 Å². The molecule has 2 fully saturated rings. The summed E-state index contributed by atoms with van der Waals surface area (Å²) in [4.78, 5) is 41.2. The molecule has 4 rings (SSSR count). The molecule has 33 heavy (non-hydrogen) atoms. The van der Waals surface area contributed by atoms with E-state index in [1.165, 1.54) is 0 Å². The molecule has 2 unspecified atom stereocenters. The van der Waals surface area contributed by atoms with E-state index in [0.717, 1.165) is 35.8 Å². The van der Waals surface area contributed by atoms with Crippen molar-refractivity contribution in [1.82, 2.24) is 20.9 Å². The smallest absolute Gasteiger partial charge is 0.247 e. The van der Waals surface area contributed by atoms with Crippen molar-refractivity contribution in [3.05, 3.63) is 42.5 Å². The monoisotopic (exact) mass is 451 g/mol. The quantitative estimate of drug-likeness (QED) is 0.557. The summed E-state index contributed by atoms with van der Waals surface area (Å²) in [6.07, 6.45) is 3.37. The van der Waals surface area contributed by atoms with Crippen LogP contribution >= 0.6 is 0 Å². The molecule has 4 N–H and O–H groups in total. The second-order valence-electron chi connectivity index (χ2n) is 8.89. The van der Waals surface area contributed by atoms with Crippen molar-refractivity contribution in [3.63, 3.8) is 0 Å². The molecule has 3 amide bonds. The third-order valence-electron chi connectivity index (χ3n) is 6.73. The van der Waals surface area contributed by atoms with Gasteiger partial charge in [0.1, 0.15) is 12.1 Å². The Morgan fingerprint density at radius 1 is 1.06 bits per heavy atom. The highest BCUT2D eigenvalue weighted by Crippen LogP contribution is 2.28. The molecule has 176 valence electrons. The van der Waals surface area contributed by atoms with Crippen molar-refractivity contribution in [3.8, 4) is 0 Å². The fourth-order valence-corrected chi connectivity index (χ4v) is 4.73. The van der Waals surface area contributed by atoms with Crippen molar-refractivity contribution in [2.24, 2.45) is 0 Å². The summed E-state index contributed by atoms with van der Waals surface area (Å²) >= 11 is 0. The Morgan fingerprint density at radius 2 is 1.85 bits per heavy atom. The molecule has 2 heterocycles. The summed E-state index contributed by atoms with van der Waals surface area (Å²) < 4.78 is 0. The van der Waals surface area contributed by atoms with Crippen molar-refractivity contribution >= 4 is 34.2 Å². The van der Waals surface area contributed by atoms with Gasteiger partial charge in [-0.25, -0.2) is 0 Å². The topological polar surface area (TPSA) is 103 Å². The number of rotatable bonds is 5. The summed E-state index contributed by atoms with van der Waals surface area (Å²) in [6.45, 7) is 2.54. The van der Waals surface area contributed by atoms with Crippen molar-refractivity contribution < 1.29 is 14.4 Å². The number of anilines is 1. The lowest BCUT2D eigenvalue weighted by Gasteiger charge is -2.33. The Hall–Kier alpha value is -2.97. The zero-order valence-electron chi connectivity index (χ0n) is 19.3. The van der Waals surface area contributed by atoms with Gasteiger partial charge in [-0.1, -0.05) is 36.4 Å². The van der Waals surface area contributed by atoms with Crippen molar-refractivity contribution in [2.75, 3.05) is 18.9 Å². The molecule has 0 bridgehead atoms. The third-order valence-corrected chi connectivity index (χ3v) is 6.73. The van der Waals surface area contributed by atoms with Gasteiger partial charge in [-0.3, -0.25) is 19.7 Å². The Kier molecular flexibility index (Phi) is 7.25. The minimum absolute atomic E-state index is 0.193. The Balaban J connectivity index is 1.56. The molecule has 8 heteroatoms. The second kappa shape index (κ2) is 10.3. The number of amides is 3. The number of fused-ring (bicyclic) bond motifs is 2. The number of likely N-dealkylation sites (N-methyl/N-ethyl adjacent to an activating group) is 1. The van der Waals surface area contributed by atoms with Gasteiger partial charge in [0.15, 0.2) is 0 Å². The highest BCUT2D eigenvalue weighted by molar-refractivity contribution is 6.05. The molecule has 4 atom stereocenters. The maximum atomic E-state index is 13.6. The maximum Gasteiger partial charge on any atom is 0.247 e. The van der Waals surface area contributed by atoms with E-state index in [4.69, 9.17) is 0 Å². The summed E-state index contributed by atoms with van der Waals surface area (Å²) in [5.41, 5.74) is 0.735. The van der Waals surface area contributed by atoms with E-state index >= 15 is 0 Å². The first kappa shape index (κ1) is 23.2. The normalized spacial score (nSPS) is 24.4. The van der Waals surface area contributed by atoms with E-state index in [9.17, 15) is 14.4 Å². The van der Waals surface area contributed by atoms with Gasteiger partial charge in [0.05, 0.1) is 12.2 Å². The highest BCUT2D eigenvalue weighted by Gasteiger charge is 2.43. The minimum Gasteiger partial charge on any atom is -0.343 e. The van der Waals surface area contributed by atoms with E-state index in [-0.39, 0.29) is 23.9 Å². The molecule has 0 spiro atoms. The average molecular weight is 452 g/mol. The number of hydrogen-bond donors (Lipinski definition) is 4. The van der Waals surface area contributed by atoms with Crippen LogP contribution in [0.2, 0.25) is 0 Å². The minimum atomic E-state index is -0.637. The molecule has 0 aliphatic carbocycles. The molecule has 0 aromatic heterocycles. The van der Waals surface area contributed by atoms with Gasteiger partial charge in [-0.15, -0.1) is 0 Å². The molecule has 2 saturated heterocycles. The molecular formula is C25H33N5O3. The highest BCUT2D eigenvalue weighted by atomic mass is 16.2. The SMILES string of the molecule is CN[C@@H](C)C(=O)N[C@H]1CCCCNC2CCC(C(=O)Nc3cccc4ccccc34)N2C1=O. The second-order valence-corrected chi connectivity index (χ2v) is 8.89. The molecule has 2 aliphatic heterocycles. The molecule has 0 saturated carbocycles. The van der Waals surface area contributed by atoms with Crippen molar-refractivity contribution in [1.29, 1.82) is 0 Å². The molecule has 2 aromatic carbocycles. The van der Waals surface area contributed by atoms with Gasteiger partial charge in [-0.2, -0.15) is 0 Å². The maximum absolute atomic E-state index is 13.6. The van der Waals surface area contributed by atoms with Crippen LogP contribution in [-0.2, 0) is 14.4 Å². The Bertz CT molecular complexity index is 1020. The summed E-state index contributed by atoms with van der Waals surface area (Å²) in [7, 11) is 1.71. The number of carbonyl (C=O) groups is 3. The number of carbonyl (C=O) groups excluding carboxylic acids is 3. The fraction of sp³-hybridized carbons (Fsp3) is 0.480. The van der Waals surface area contributed by atoms with E-state index in [0.29, 0.717) is 19.3 Å². The molecular weight excluding hydrogens is 418 g/mol. The number of nitrogens with zero attached hydrogens (tertiary/aromatic N) is 1. The summed E-state index contributed by atoms with van der Waals surface area (Å²) in [5.74, 6) is -0.603. The van der Waals surface area contributed by atoms with Crippen LogP contribution in [0.1, 0.15) is 39.0 Å². The van der Waals surface area contributed by atoms with Crippen LogP contribution in [0.25, 0.3) is 10.8 Å². The first-order valence-electron chi connectivity index (χ1n) is 11.8. The number of nitrogens with one attached hydrogen (secondary N) is 4. The number of hydrogen-bond acceptors (Lipinski definition) is 5. The lowest BCUT2D eigenvalue weighted by molar-refractivity contribution is -0.142. The van der Waals surface area contributed by atoms with Crippen molar-refractivity contribution in [2.45, 2.75) is 63.3 Å². The summed E-state index contributed by atoms with van der Waals surface area (Å²) in [6, 6.07) is 12.1. The first-order valence-corrected chi connectivity index (χ1v) is 11.8. The first-order chi connectivity index (χ1) is 16.0. The third kappa shape index (κ3) is 5.02. The van der Waals surface area contributed by atoms with Gasteiger partial charge in [0.2, 0.25) is 17.7 Å². The van der Waals surface area contributed by atoms with Gasteiger partial charge in [0.25, 0.3) is 0 Å². The molecule has 0 radical (unpaired) electrons. The van der Waals surface area contributed by atoms with Crippen LogP contribution in [0.4, 0.5) is 5.69 Å². The molecule has 8 nitrogen and oxygen atoms in total. The van der Waals surface area contributed by atoms with Crippen LogP contribution in [0, 0.1) is 0 Å². The van der Waals surface area contributed by atoms with Gasteiger partial charge in [-0.05, 0) is 64.1 Å². The van der Waals surface area contributed by atoms with Crippen LogP contribution < -0.4 is 21.3 Å². The Morgan fingerprint density at radius 3 is 2.67 bits per heavy atom. The van der Waals surface area contributed by atoms with Gasteiger partial charge in [0, 0.05) is 11.1 Å². The standard InChI is InChI=1S/C25H33N5O3/c1-16(26-2)23(31)29-20-11-5-6-15-27-22-14-13-21(30(22)25(20)33)24(32)28-19-12-7-9-17-8-3-4-10-18(17)19/h3-4,7-10,12,16,20-22,26-27H,5-6,11,13-15H2,1-2H3,(H,28,32)(H,29,31)/t16-,20-,21?,22?/m0/s1. The molecule has 2 aromatic rings.